The Morgan fingerprint density at radius 3 is 2.81 bits per heavy atom. The van der Waals surface area contributed by atoms with Gasteiger partial charge in [0.05, 0.1) is 17.9 Å². The maximum atomic E-state index is 12.4. The van der Waals surface area contributed by atoms with Gasteiger partial charge in [0, 0.05) is 5.56 Å². The summed E-state index contributed by atoms with van der Waals surface area (Å²) in [7, 11) is 0. The number of nitrogens with one attached hydrogen (secondary N) is 2. The van der Waals surface area contributed by atoms with Crippen LogP contribution in [0.4, 0.5) is 5.95 Å². The lowest BCUT2D eigenvalue weighted by Crippen LogP contribution is -2.18. The van der Waals surface area contributed by atoms with E-state index < -0.39 is 0 Å². The van der Waals surface area contributed by atoms with E-state index in [1.165, 1.54) is 6.20 Å². The molecule has 2 aromatic carbocycles. The molecule has 128 valence electrons. The van der Waals surface area contributed by atoms with Gasteiger partial charge in [-0.3, -0.25) is 9.78 Å². The van der Waals surface area contributed by atoms with Crippen molar-refractivity contribution in [2.24, 2.45) is 0 Å². The number of nitrogens with zero attached hydrogens (tertiary/aromatic N) is 3. The summed E-state index contributed by atoms with van der Waals surface area (Å²) in [6.07, 6.45) is 1.53. The summed E-state index contributed by atoms with van der Waals surface area (Å²) >= 11 is 0. The maximum absolute atomic E-state index is 12.4. The zero-order chi connectivity index (χ0) is 17.5. The van der Waals surface area contributed by atoms with Crippen molar-refractivity contribution in [3.05, 3.63) is 76.7 Å². The molecule has 2 aromatic heterocycles. The number of hydrogen-bond donors (Lipinski definition) is 2. The summed E-state index contributed by atoms with van der Waals surface area (Å²) in [5.41, 5.74) is 2.18. The van der Waals surface area contributed by atoms with Gasteiger partial charge in [0.25, 0.3) is 5.56 Å². The van der Waals surface area contributed by atoms with Gasteiger partial charge in [-0.15, -0.1) is 0 Å². The fraction of sp³-hybridized carbons (Fsp3) is 0.105. The van der Waals surface area contributed by atoms with E-state index in [0.29, 0.717) is 23.6 Å². The number of hydrogen-bond acceptors (Lipinski definition) is 5. The Morgan fingerprint density at radius 2 is 1.92 bits per heavy atom. The van der Waals surface area contributed by atoms with Gasteiger partial charge in [0.1, 0.15) is 17.7 Å². The number of H-pyrrole nitrogens is 1. The number of fused-ring (bicyclic) bond motifs is 2. The van der Waals surface area contributed by atoms with Crippen LogP contribution in [-0.2, 0) is 0 Å². The number of ether oxygens (including phenoxy) is 1. The first-order valence-electron chi connectivity index (χ1n) is 8.31. The Kier molecular flexibility index (Phi) is 3.24. The maximum Gasteiger partial charge on any atom is 0.263 e. The third-order valence-electron chi connectivity index (χ3n) is 4.45. The Balaban J connectivity index is 1.57. The molecule has 26 heavy (non-hydrogen) atoms. The van der Waals surface area contributed by atoms with Crippen LogP contribution in [0.2, 0.25) is 0 Å². The minimum absolute atomic E-state index is 0.0695. The van der Waals surface area contributed by atoms with Crippen LogP contribution >= 0.6 is 0 Å². The van der Waals surface area contributed by atoms with Gasteiger partial charge in [-0.1, -0.05) is 36.4 Å². The highest BCUT2D eigenvalue weighted by Gasteiger charge is 2.24. The molecule has 5 rings (SSSR count). The van der Waals surface area contributed by atoms with Gasteiger partial charge < -0.3 is 10.1 Å². The highest BCUT2D eigenvalue weighted by molar-refractivity contribution is 5.76. The molecule has 0 fully saturated rings. The molecule has 2 N–H and O–H groups in total. The highest BCUT2D eigenvalue weighted by Crippen LogP contribution is 2.33. The molecule has 0 saturated heterocycles. The van der Waals surface area contributed by atoms with Crippen molar-refractivity contribution >= 4 is 17.0 Å². The SMILES string of the molecule is O=c1[nH]c(N[C@@H]2COc3ccccc32)nc2c1cnn2-c1ccccc1. The topological polar surface area (TPSA) is 84.8 Å². The number of anilines is 1. The van der Waals surface area contributed by atoms with E-state index >= 15 is 0 Å². The fourth-order valence-corrected chi connectivity index (χ4v) is 3.19. The van der Waals surface area contributed by atoms with Crippen molar-refractivity contribution in [2.45, 2.75) is 6.04 Å². The van der Waals surface area contributed by atoms with E-state index in [1.807, 2.05) is 54.6 Å². The number of rotatable bonds is 3. The second kappa shape index (κ2) is 5.73. The summed E-state index contributed by atoms with van der Waals surface area (Å²) in [5, 5.41) is 8.03. The van der Waals surface area contributed by atoms with Gasteiger partial charge in [0.15, 0.2) is 5.65 Å². The molecule has 0 bridgehead atoms. The zero-order valence-electron chi connectivity index (χ0n) is 13.7. The quantitative estimate of drug-likeness (QED) is 0.596. The molecule has 0 spiro atoms. The molecule has 3 heterocycles. The van der Waals surface area contributed by atoms with Crippen LogP contribution in [0, 0.1) is 0 Å². The highest BCUT2D eigenvalue weighted by atomic mass is 16.5. The second-order valence-corrected chi connectivity index (χ2v) is 6.09. The van der Waals surface area contributed by atoms with Gasteiger partial charge in [-0.25, -0.2) is 4.68 Å². The van der Waals surface area contributed by atoms with E-state index in [-0.39, 0.29) is 11.6 Å². The van der Waals surface area contributed by atoms with Crippen molar-refractivity contribution in [2.75, 3.05) is 11.9 Å². The summed E-state index contributed by atoms with van der Waals surface area (Å²) in [6, 6.07) is 17.4. The van der Waals surface area contributed by atoms with Crippen molar-refractivity contribution in [1.82, 2.24) is 19.7 Å². The van der Waals surface area contributed by atoms with Gasteiger partial charge >= 0.3 is 0 Å². The molecule has 0 unspecified atom stereocenters. The first-order chi connectivity index (χ1) is 12.8. The van der Waals surface area contributed by atoms with Gasteiger partial charge in [-0.05, 0) is 18.2 Å². The van der Waals surface area contributed by atoms with E-state index in [2.05, 4.69) is 20.4 Å². The van der Waals surface area contributed by atoms with Crippen LogP contribution in [0.15, 0.2) is 65.6 Å². The molecule has 4 aromatic rings. The Bertz CT molecular complexity index is 1150. The van der Waals surface area contributed by atoms with Crippen LogP contribution in [0.1, 0.15) is 11.6 Å². The number of para-hydroxylation sites is 2. The first kappa shape index (κ1) is 14.7. The first-order valence-corrected chi connectivity index (χ1v) is 8.31. The Hall–Kier alpha value is -3.61. The second-order valence-electron chi connectivity index (χ2n) is 6.09. The van der Waals surface area contributed by atoms with Crippen LogP contribution in [-0.4, -0.2) is 26.4 Å². The van der Waals surface area contributed by atoms with Crippen LogP contribution in [0.3, 0.4) is 0 Å². The summed E-state index contributed by atoms with van der Waals surface area (Å²) in [4.78, 5) is 19.8. The lowest BCUT2D eigenvalue weighted by Gasteiger charge is -2.12. The van der Waals surface area contributed by atoms with Gasteiger partial charge in [-0.2, -0.15) is 10.1 Å². The molecule has 0 radical (unpaired) electrons. The summed E-state index contributed by atoms with van der Waals surface area (Å²) in [6.45, 7) is 0.485. The number of aromatic amines is 1. The standard InChI is InChI=1S/C19H15N5O2/c25-18-14-10-20-24(12-6-2-1-3-7-12)17(14)22-19(23-18)21-15-11-26-16-9-5-4-8-13(15)16/h1-10,15H,11H2,(H2,21,22,23,25)/t15-/m1/s1. The van der Waals surface area contributed by atoms with Crippen LogP contribution in [0.25, 0.3) is 16.7 Å². The third-order valence-corrected chi connectivity index (χ3v) is 4.45. The minimum Gasteiger partial charge on any atom is -0.491 e. The van der Waals surface area contributed by atoms with Crippen molar-refractivity contribution < 1.29 is 4.74 Å². The van der Waals surface area contributed by atoms with E-state index in [9.17, 15) is 4.79 Å². The smallest absolute Gasteiger partial charge is 0.263 e. The summed E-state index contributed by atoms with van der Waals surface area (Å²) in [5.74, 6) is 1.24. The molecule has 0 amide bonds. The van der Waals surface area contributed by atoms with Crippen molar-refractivity contribution in [3.8, 4) is 11.4 Å². The molecule has 7 nitrogen and oxygen atoms in total. The largest absolute Gasteiger partial charge is 0.491 e. The zero-order valence-corrected chi connectivity index (χ0v) is 13.7. The normalized spacial score (nSPS) is 15.6. The van der Waals surface area contributed by atoms with E-state index in [4.69, 9.17) is 4.74 Å². The molecule has 1 atom stereocenters. The average Bonchev–Trinajstić information content (AvgIpc) is 3.28. The molecule has 0 aliphatic carbocycles. The molecular formula is C19H15N5O2. The Morgan fingerprint density at radius 1 is 1.12 bits per heavy atom. The predicted octanol–water partition coefficient (Wildman–Crippen LogP) is 2.65. The monoisotopic (exact) mass is 345 g/mol. The molecular weight excluding hydrogens is 330 g/mol. The predicted molar refractivity (Wildman–Crippen MR) is 97.8 cm³/mol. The third kappa shape index (κ3) is 2.33. The number of benzene rings is 2. The summed E-state index contributed by atoms with van der Waals surface area (Å²) < 4.78 is 7.34. The van der Waals surface area contributed by atoms with Crippen LogP contribution < -0.4 is 15.6 Å². The lowest BCUT2D eigenvalue weighted by molar-refractivity contribution is 0.339. The minimum atomic E-state index is -0.230. The Labute approximate surface area is 148 Å². The van der Waals surface area contributed by atoms with Crippen molar-refractivity contribution in [3.63, 3.8) is 0 Å². The fourth-order valence-electron chi connectivity index (χ4n) is 3.19. The van der Waals surface area contributed by atoms with Crippen molar-refractivity contribution in [1.29, 1.82) is 0 Å². The van der Waals surface area contributed by atoms with E-state index in [0.717, 1.165) is 17.0 Å². The molecule has 0 saturated carbocycles. The van der Waals surface area contributed by atoms with Gasteiger partial charge in [0.2, 0.25) is 5.95 Å². The van der Waals surface area contributed by atoms with Crippen LogP contribution in [0.5, 0.6) is 5.75 Å². The molecule has 1 aliphatic heterocycles. The average molecular weight is 345 g/mol. The lowest BCUT2D eigenvalue weighted by atomic mass is 10.1. The molecule has 7 heteroatoms. The van der Waals surface area contributed by atoms with E-state index in [1.54, 1.807) is 4.68 Å². The molecule has 1 aliphatic rings. The number of aromatic nitrogens is 4.